The van der Waals surface area contributed by atoms with Gasteiger partial charge in [-0.1, -0.05) is 70.2 Å². The van der Waals surface area contributed by atoms with E-state index in [1.165, 1.54) is 17.0 Å². The maximum Gasteiger partial charge on any atom is 0.266 e. The second kappa shape index (κ2) is 9.84. The van der Waals surface area contributed by atoms with Gasteiger partial charge in [0, 0.05) is 17.4 Å². The first-order valence-electron chi connectivity index (χ1n) is 8.63. The average molecular weight is 526 g/mol. The quantitative estimate of drug-likeness (QED) is 0.327. The third kappa shape index (κ3) is 5.76. The van der Waals surface area contributed by atoms with Gasteiger partial charge < -0.3 is 0 Å². The van der Waals surface area contributed by atoms with Crippen molar-refractivity contribution in [1.82, 2.24) is 15.2 Å². The molecule has 1 fully saturated rings. The molecule has 0 atom stereocenters. The van der Waals surface area contributed by atoms with E-state index in [-0.39, 0.29) is 23.8 Å². The number of hydrogen-bond donors (Lipinski definition) is 2. The first-order valence-corrected chi connectivity index (χ1v) is 12.1. The maximum atomic E-state index is 12.6. The molecule has 0 aromatic heterocycles. The van der Waals surface area contributed by atoms with E-state index in [1.807, 2.05) is 29.1 Å². The number of carbonyl (C=O) groups excluding carboxylic acids is 2. The second-order valence-electron chi connectivity index (χ2n) is 6.11. The van der Waals surface area contributed by atoms with Crippen LogP contribution in [0, 0.1) is 0 Å². The van der Waals surface area contributed by atoms with Crippen molar-refractivity contribution in [1.29, 1.82) is 0 Å². The summed E-state index contributed by atoms with van der Waals surface area (Å²) in [5, 5.41) is 0. The molecule has 0 unspecified atom stereocenters. The van der Waals surface area contributed by atoms with Crippen LogP contribution in [0.1, 0.15) is 12.0 Å². The number of halogens is 1. The fourth-order valence-electron chi connectivity index (χ4n) is 2.50. The lowest BCUT2D eigenvalue weighted by Gasteiger charge is -2.14. The standard InChI is InChI=1S/C19H16BrN3O4S3/c20-14-6-4-5-13(11-14)12-16-18(25)23(19(28)29-16)10-9-17(24)21-22-30(26,27)15-7-2-1-3-8-15/h1-8,11-12,22H,9-10H2,(H,21,24)/b16-12-. The van der Waals surface area contributed by atoms with E-state index in [1.54, 1.807) is 24.3 Å². The molecule has 156 valence electrons. The summed E-state index contributed by atoms with van der Waals surface area (Å²) in [6, 6.07) is 15.1. The topological polar surface area (TPSA) is 95.6 Å². The SMILES string of the molecule is O=C(CCN1C(=O)/C(=C/c2cccc(Br)c2)SC1=S)NNS(=O)(=O)c1ccccc1. The number of nitrogens with one attached hydrogen (secondary N) is 2. The number of thioether (sulfide) groups is 1. The summed E-state index contributed by atoms with van der Waals surface area (Å²) >= 11 is 9.79. The van der Waals surface area contributed by atoms with Crippen LogP contribution in [0.4, 0.5) is 0 Å². The highest BCUT2D eigenvalue weighted by atomic mass is 79.9. The van der Waals surface area contributed by atoms with Gasteiger partial charge >= 0.3 is 0 Å². The minimum Gasteiger partial charge on any atom is -0.292 e. The van der Waals surface area contributed by atoms with Gasteiger partial charge in [-0.2, -0.15) is 0 Å². The minimum atomic E-state index is -3.87. The van der Waals surface area contributed by atoms with E-state index >= 15 is 0 Å². The summed E-state index contributed by atoms with van der Waals surface area (Å²) in [4.78, 5) is 28.5. The molecule has 1 saturated heterocycles. The smallest absolute Gasteiger partial charge is 0.266 e. The molecule has 3 rings (SSSR count). The molecule has 0 radical (unpaired) electrons. The Morgan fingerprint density at radius 2 is 1.90 bits per heavy atom. The van der Waals surface area contributed by atoms with Crippen LogP contribution in [-0.4, -0.2) is 36.0 Å². The minimum absolute atomic E-state index is 0.0277. The van der Waals surface area contributed by atoms with Gasteiger partial charge in [-0.25, -0.2) is 8.42 Å². The van der Waals surface area contributed by atoms with Crippen LogP contribution >= 0.6 is 39.9 Å². The second-order valence-corrected chi connectivity index (χ2v) is 10.4. The predicted molar refractivity (Wildman–Crippen MR) is 124 cm³/mol. The van der Waals surface area contributed by atoms with Crippen LogP contribution in [0.2, 0.25) is 0 Å². The van der Waals surface area contributed by atoms with E-state index in [9.17, 15) is 18.0 Å². The van der Waals surface area contributed by atoms with E-state index in [0.717, 1.165) is 21.8 Å². The van der Waals surface area contributed by atoms with Gasteiger partial charge in [0.2, 0.25) is 5.91 Å². The van der Waals surface area contributed by atoms with Gasteiger partial charge in [0.15, 0.2) is 0 Å². The number of sulfonamides is 1. The molecule has 2 aromatic carbocycles. The highest BCUT2D eigenvalue weighted by Gasteiger charge is 2.32. The summed E-state index contributed by atoms with van der Waals surface area (Å²) in [6.07, 6.45) is 1.62. The van der Waals surface area contributed by atoms with Gasteiger partial charge in [-0.3, -0.25) is 19.9 Å². The number of hydrogen-bond acceptors (Lipinski definition) is 6. The van der Waals surface area contributed by atoms with Gasteiger partial charge in [-0.15, -0.1) is 4.83 Å². The van der Waals surface area contributed by atoms with Crippen molar-refractivity contribution < 1.29 is 18.0 Å². The zero-order chi connectivity index (χ0) is 21.7. The Kier molecular flexibility index (Phi) is 7.42. The average Bonchev–Trinajstić information content (AvgIpc) is 2.98. The lowest BCUT2D eigenvalue weighted by molar-refractivity contribution is -0.124. The van der Waals surface area contributed by atoms with Gasteiger partial charge in [-0.05, 0) is 35.9 Å². The molecule has 1 aliphatic heterocycles. The number of nitrogens with zero attached hydrogens (tertiary/aromatic N) is 1. The lowest BCUT2D eigenvalue weighted by atomic mass is 10.2. The van der Waals surface area contributed by atoms with Crippen LogP contribution in [-0.2, 0) is 19.6 Å². The number of benzene rings is 2. The summed E-state index contributed by atoms with van der Waals surface area (Å²) in [5.74, 6) is -0.873. The van der Waals surface area contributed by atoms with Crippen molar-refractivity contribution in [3.63, 3.8) is 0 Å². The van der Waals surface area contributed by atoms with Crippen molar-refractivity contribution in [3.8, 4) is 0 Å². The highest BCUT2D eigenvalue weighted by Crippen LogP contribution is 2.32. The fraction of sp³-hybridized carbons (Fsp3) is 0.105. The molecule has 0 bridgehead atoms. The summed E-state index contributed by atoms with van der Waals surface area (Å²) < 4.78 is 25.5. The van der Waals surface area contributed by atoms with Crippen molar-refractivity contribution in [2.24, 2.45) is 0 Å². The third-order valence-electron chi connectivity index (χ3n) is 3.96. The fourth-order valence-corrected chi connectivity index (χ4v) is 5.11. The summed E-state index contributed by atoms with van der Waals surface area (Å²) in [6.45, 7) is 0.0411. The van der Waals surface area contributed by atoms with E-state index in [4.69, 9.17) is 12.2 Å². The number of rotatable bonds is 7. The normalized spacial score (nSPS) is 15.6. The molecular weight excluding hydrogens is 510 g/mol. The molecular formula is C19H16BrN3O4S3. The van der Waals surface area contributed by atoms with Crippen molar-refractivity contribution in [3.05, 3.63) is 69.5 Å². The van der Waals surface area contributed by atoms with Gasteiger partial charge in [0.05, 0.1) is 9.80 Å². The van der Waals surface area contributed by atoms with Crippen LogP contribution < -0.4 is 10.3 Å². The summed E-state index contributed by atoms with van der Waals surface area (Å²) in [7, 11) is -3.87. The highest BCUT2D eigenvalue weighted by molar-refractivity contribution is 9.10. The zero-order valence-corrected chi connectivity index (χ0v) is 19.4. The Morgan fingerprint density at radius 1 is 1.17 bits per heavy atom. The van der Waals surface area contributed by atoms with E-state index in [0.29, 0.717) is 9.23 Å². The molecule has 11 heteroatoms. The molecule has 2 aromatic rings. The Hall–Kier alpha value is -2.05. The van der Waals surface area contributed by atoms with Crippen LogP contribution in [0.25, 0.3) is 6.08 Å². The number of carbonyl (C=O) groups is 2. The third-order valence-corrected chi connectivity index (χ3v) is 7.10. The Morgan fingerprint density at radius 3 is 2.60 bits per heavy atom. The number of hydrazine groups is 1. The van der Waals surface area contributed by atoms with Crippen LogP contribution in [0.3, 0.4) is 0 Å². The number of amides is 2. The van der Waals surface area contributed by atoms with Crippen molar-refractivity contribution in [2.75, 3.05) is 6.54 Å². The van der Waals surface area contributed by atoms with Crippen molar-refractivity contribution >= 4 is 72.1 Å². The van der Waals surface area contributed by atoms with E-state index < -0.39 is 15.9 Å². The zero-order valence-electron chi connectivity index (χ0n) is 15.4. The first kappa shape index (κ1) is 22.6. The lowest BCUT2D eigenvalue weighted by Crippen LogP contribution is -2.43. The first-order chi connectivity index (χ1) is 14.3. The Balaban J connectivity index is 1.56. The Bertz CT molecular complexity index is 1120. The van der Waals surface area contributed by atoms with E-state index in [2.05, 4.69) is 21.4 Å². The number of thiocarbonyl (C=S) groups is 1. The largest absolute Gasteiger partial charge is 0.292 e. The van der Waals surface area contributed by atoms with Gasteiger partial charge in [0.1, 0.15) is 4.32 Å². The molecule has 2 N–H and O–H groups in total. The summed E-state index contributed by atoms with van der Waals surface area (Å²) in [5.41, 5.74) is 2.99. The molecule has 2 amide bonds. The van der Waals surface area contributed by atoms with Gasteiger partial charge in [0.25, 0.3) is 15.9 Å². The maximum absolute atomic E-state index is 12.6. The monoisotopic (exact) mass is 525 g/mol. The predicted octanol–water partition coefficient (Wildman–Crippen LogP) is 3.05. The molecule has 1 aliphatic rings. The molecule has 0 saturated carbocycles. The molecule has 0 aliphatic carbocycles. The molecule has 1 heterocycles. The molecule has 7 nitrogen and oxygen atoms in total. The molecule has 0 spiro atoms. The van der Waals surface area contributed by atoms with Crippen molar-refractivity contribution in [2.45, 2.75) is 11.3 Å². The molecule has 30 heavy (non-hydrogen) atoms. The van der Waals surface area contributed by atoms with Crippen LogP contribution in [0.15, 0.2) is 68.9 Å². The van der Waals surface area contributed by atoms with Crippen LogP contribution in [0.5, 0.6) is 0 Å². The Labute approximate surface area is 192 Å².